The minimum absolute atomic E-state index is 0.201. The molecule has 0 amide bonds. The van der Waals surface area contributed by atoms with Crippen LogP contribution >= 0.6 is 0 Å². The fraction of sp³-hybridized carbons (Fsp3) is 0.111. The van der Waals surface area contributed by atoms with Gasteiger partial charge in [0.05, 0.1) is 17.7 Å². The molecule has 0 aromatic heterocycles. The van der Waals surface area contributed by atoms with E-state index in [0.29, 0.717) is 11.4 Å². The van der Waals surface area contributed by atoms with E-state index in [1.165, 1.54) is 19.2 Å². The number of hydrogen-bond donors (Lipinski definition) is 2. The fourth-order valence-corrected chi connectivity index (χ4v) is 4.04. The molecule has 0 unspecified atom stereocenters. The molecule has 4 rings (SSSR count). The molecule has 4 aromatic rings. The van der Waals surface area contributed by atoms with Crippen LogP contribution in [-0.2, 0) is 10.0 Å². The van der Waals surface area contributed by atoms with E-state index in [1.807, 2.05) is 60.7 Å². The van der Waals surface area contributed by atoms with Crippen LogP contribution in [0.4, 0.5) is 11.4 Å². The lowest BCUT2D eigenvalue weighted by Gasteiger charge is -2.11. The van der Waals surface area contributed by atoms with Crippen LogP contribution in [0.3, 0.4) is 0 Å². The molecule has 7 heteroatoms. The summed E-state index contributed by atoms with van der Waals surface area (Å²) in [5, 5.41) is 3.27. The molecule has 0 spiro atoms. The van der Waals surface area contributed by atoms with E-state index in [0.717, 1.165) is 23.7 Å². The minimum atomic E-state index is -3.54. The lowest BCUT2D eigenvalue weighted by molar-refractivity contribution is 0.414. The second-order valence-electron chi connectivity index (χ2n) is 7.09. The number of rotatable bonds is 8. The van der Waals surface area contributed by atoms with Gasteiger partial charge in [0.1, 0.15) is 11.5 Å². The van der Waals surface area contributed by atoms with Crippen LogP contribution in [0.15, 0.2) is 114 Å². The average molecular weight is 477 g/mol. The second kappa shape index (κ2) is 12.3. The van der Waals surface area contributed by atoms with E-state index in [4.69, 9.17) is 9.47 Å². The third-order valence-corrected chi connectivity index (χ3v) is 6.02. The maximum Gasteiger partial charge on any atom is 0.261 e. The molecule has 0 aliphatic carbocycles. The van der Waals surface area contributed by atoms with Gasteiger partial charge in [-0.3, -0.25) is 4.72 Å². The zero-order chi connectivity index (χ0) is 24.2. The summed E-state index contributed by atoms with van der Waals surface area (Å²) >= 11 is 0. The van der Waals surface area contributed by atoms with Gasteiger partial charge in [-0.1, -0.05) is 48.5 Å². The van der Waals surface area contributed by atoms with E-state index < -0.39 is 10.0 Å². The maximum atomic E-state index is 12.0. The van der Waals surface area contributed by atoms with Crippen molar-refractivity contribution in [2.45, 2.75) is 11.8 Å². The summed E-state index contributed by atoms with van der Waals surface area (Å²) in [6.07, 6.45) is 0. The number of benzene rings is 4. The van der Waals surface area contributed by atoms with Crippen LogP contribution < -0.4 is 19.5 Å². The lowest BCUT2D eigenvalue weighted by atomic mass is 10.3. The summed E-state index contributed by atoms with van der Waals surface area (Å²) < 4.78 is 37.4. The Bertz CT molecular complexity index is 1250. The van der Waals surface area contributed by atoms with Gasteiger partial charge in [-0.05, 0) is 67.6 Å². The minimum Gasteiger partial charge on any atom is -0.497 e. The Labute approximate surface area is 201 Å². The van der Waals surface area contributed by atoms with Gasteiger partial charge >= 0.3 is 0 Å². The van der Waals surface area contributed by atoms with Crippen LogP contribution in [0.2, 0.25) is 0 Å². The van der Waals surface area contributed by atoms with Gasteiger partial charge in [-0.25, -0.2) is 8.42 Å². The zero-order valence-corrected chi connectivity index (χ0v) is 20.0. The lowest BCUT2D eigenvalue weighted by Crippen LogP contribution is -2.12. The molecule has 0 heterocycles. The number of sulfonamides is 1. The molecular weight excluding hydrogens is 448 g/mol. The molecule has 6 nitrogen and oxygen atoms in total. The third-order valence-electron chi connectivity index (χ3n) is 4.62. The van der Waals surface area contributed by atoms with Gasteiger partial charge in [0, 0.05) is 12.2 Å². The van der Waals surface area contributed by atoms with E-state index in [1.54, 1.807) is 36.4 Å². The summed E-state index contributed by atoms with van der Waals surface area (Å²) in [6, 6.07) is 32.7. The monoisotopic (exact) mass is 476 g/mol. The summed E-state index contributed by atoms with van der Waals surface area (Å²) in [5.74, 6) is 2.33. The molecule has 0 saturated carbocycles. The Morgan fingerprint density at radius 3 is 1.91 bits per heavy atom. The maximum absolute atomic E-state index is 12.0. The summed E-state index contributed by atoms with van der Waals surface area (Å²) in [6.45, 7) is 2.95. The summed E-state index contributed by atoms with van der Waals surface area (Å²) in [5.41, 5.74) is 1.56. The van der Waals surface area contributed by atoms with Crippen LogP contribution in [0.5, 0.6) is 17.2 Å². The van der Waals surface area contributed by atoms with E-state index in [2.05, 4.69) is 17.0 Å². The molecule has 34 heavy (non-hydrogen) atoms. The Morgan fingerprint density at radius 2 is 1.29 bits per heavy atom. The smallest absolute Gasteiger partial charge is 0.261 e. The average Bonchev–Trinajstić information content (AvgIpc) is 2.87. The number of hydrogen-bond acceptors (Lipinski definition) is 5. The Kier molecular flexibility index (Phi) is 8.94. The third kappa shape index (κ3) is 7.28. The largest absolute Gasteiger partial charge is 0.497 e. The number of anilines is 2. The van der Waals surface area contributed by atoms with Crippen LogP contribution in [0, 0.1) is 0 Å². The van der Waals surface area contributed by atoms with Gasteiger partial charge in [-0.2, -0.15) is 0 Å². The Hall–Kier alpha value is -3.97. The number of methoxy groups -OCH3 is 1. The zero-order valence-electron chi connectivity index (χ0n) is 19.1. The van der Waals surface area contributed by atoms with Crippen molar-refractivity contribution >= 4 is 21.4 Å². The standard InChI is InChI=1S/C14H15NO.C13H13NO3S/c1-2-15-13-10-6-7-11-14(13)16-12-8-4-3-5-9-12;1-17-12-7-9-13(10-8-12)18(15,16)14-11-5-3-2-4-6-11/h3-11,15H,2H2,1H3;2-10,14H,1H3. The number of para-hydroxylation sites is 4. The van der Waals surface area contributed by atoms with Gasteiger partial charge in [0.15, 0.2) is 5.75 Å². The predicted octanol–water partition coefficient (Wildman–Crippen LogP) is 6.41. The Balaban J connectivity index is 0.000000192. The van der Waals surface area contributed by atoms with Crippen molar-refractivity contribution in [1.29, 1.82) is 0 Å². The quantitative estimate of drug-likeness (QED) is 0.307. The van der Waals surface area contributed by atoms with Crippen molar-refractivity contribution < 1.29 is 17.9 Å². The molecule has 0 fully saturated rings. The molecule has 0 bridgehead atoms. The van der Waals surface area contributed by atoms with Gasteiger partial charge in [0.25, 0.3) is 10.0 Å². The normalized spacial score (nSPS) is 10.4. The molecule has 176 valence electrons. The van der Waals surface area contributed by atoms with Gasteiger partial charge in [-0.15, -0.1) is 0 Å². The molecular formula is C27H28N2O4S. The molecule has 0 aliphatic heterocycles. The van der Waals surface area contributed by atoms with Crippen LogP contribution in [-0.4, -0.2) is 22.1 Å². The van der Waals surface area contributed by atoms with Crippen molar-refractivity contribution in [3.63, 3.8) is 0 Å². The molecule has 2 N–H and O–H groups in total. The first-order valence-corrected chi connectivity index (χ1v) is 12.3. The first-order valence-electron chi connectivity index (χ1n) is 10.8. The molecule has 4 aromatic carbocycles. The van der Waals surface area contributed by atoms with Gasteiger partial charge < -0.3 is 14.8 Å². The number of ether oxygens (including phenoxy) is 2. The fourth-order valence-electron chi connectivity index (χ4n) is 2.98. The number of nitrogens with one attached hydrogen (secondary N) is 2. The Morgan fingerprint density at radius 1 is 0.706 bits per heavy atom. The molecule has 0 aliphatic rings. The molecule has 0 radical (unpaired) electrons. The highest BCUT2D eigenvalue weighted by Crippen LogP contribution is 2.28. The molecule has 0 atom stereocenters. The second-order valence-corrected chi connectivity index (χ2v) is 8.77. The topological polar surface area (TPSA) is 76.7 Å². The van der Waals surface area contributed by atoms with E-state index in [9.17, 15) is 8.42 Å². The van der Waals surface area contributed by atoms with Crippen molar-refractivity contribution in [2.75, 3.05) is 23.7 Å². The highest BCUT2D eigenvalue weighted by Gasteiger charge is 2.13. The van der Waals surface area contributed by atoms with E-state index in [-0.39, 0.29) is 4.90 Å². The summed E-state index contributed by atoms with van der Waals surface area (Å²) in [4.78, 5) is 0.201. The summed E-state index contributed by atoms with van der Waals surface area (Å²) in [7, 11) is -2.01. The van der Waals surface area contributed by atoms with Crippen LogP contribution in [0.25, 0.3) is 0 Å². The van der Waals surface area contributed by atoms with Gasteiger partial charge in [0.2, 0.25) is 0 Å². The highest BCUT2D eigenvalue weighted by molar-refractivity contribution is 7.92. The van der Waals surface area contributed by atoms with Crippen molar-refractivity contribution in [1.82, 2.24) is 0 Å². The molecule has 0 saturated heterocycles. The van der Waals surface area contributed by atoms with Crippen molar-refractivity contribution in [3.8, 4) is 17.2 Å². The van der Waals surface area contributed by atoms with Crippen molar-refractivity contribution in [2.24, 2.45) is 0 Å². The van der Waals surface area contributed by atoms with E-state index >= 15 is 0 Å². The van der Waals surface area contributed by atoms with Crippen LogP contribution in [0.1, 0.15) is 6.92 Å². The first-order chi connectivity index (χ1) is 16.5. The highest BCUT2D eigenvalue weighted by atomic mass is 32.2. The SMILES string of the molecule is CCNc1ccccc1Oc1ccccc1.COc1ccc(S(=O)(=O)Nc2ccccc2)cc1. The first kappa shape index (κ1) is 24.7. The van der Waals surface area contributed by atoms with Crippen molar-refractivity contribution in [3.05, 3.63) is 109 Å². The predicted molar refractivity (Wildman–Crippen MR) is 137 cm³/mol.